The van der Waals surface area contributed by atoms with Crippen molar-refractivity contribution in [1.82, 2.24) is 9.80 Å². The summed E-state index contributed by atoms with van der Waals surface area (Å²) >= 11 is 6.32. The highest BCUT2D eigenvalue weighted by atomic mass is 35.5. The van der Waals surface area contributed by atoms with Crippen LogP contribution in [0.4, 0.5) is 0 Å². The minimum atomic E-state index is 0.137. The monoisotopic (exact) mass is 342 g/mol. The number of amides is 1. The van der Waals surface area contributed by atoms with Crippen molar-refractivity contribution < 1.29 is 4.79 Å². The third-order valence-electron chi connectivity index (χ3n) is 4.88. The molecule has 4 heteroatoms. The Morgan fingerprint density at radius 3 is 2.29 bits per heavy atom. The first-order valence-corrected chi connectivity index (χ1v) is 8.79. The number of benzene rings is 2. The average molecular weight is 343 g/mol. The van der Waals surface area contributed by atoms with Crippen LogP contribution in [0.1, 0.15) is 34.5 Å². The number of carbonyl (C=O) groups is 1. The fourth-order valence-corrected chi connectivity index (χ4v) is 3.60. The highest BCUT2D eigenvalue weighted by molar-refractivity contribution is 6.31. The minimum absolute atomic E-state index is 0.137. The lowest BCUT2D eigenvalue weighted by Crippen LogP contribution is -2.49. The molecule has 1 fully saturated rings. The maximum atomic E-state index is 12.7. The van der Waals surface area contributed by atoms with E-state index in [4.69, 9.17) is 11.6 Å². The molecule has 2 aromatic carbocycles. The molecular weight excluding hydrogens is 320 g/mol. The number of piperazine rings is 1. The molecule has 0 N–H and O–H groups in total. The largest absolute Gasteiger partial charge is 0.336 e. The Morgan fingerprint density at radius 1 is 1.00 bits per heavy atom. The molecule has 1 unspecified atom stereocenters. The zero-order valence-corrected chi connectivity index (χ0v) is 15.0. The fraction of sp³-hybridized carbons (Fsp3) is 0.350. The molecule has 1 amide bonds. The SMILES string of the molecule is Cc1ccccc1C(=O)N1CCN(C(C)c2ccccc2Cl)CC1. The summed E-state index contributed by atoms with van der Waals surface area (Å²) in [7, 11) is 0. The summed E-state index contributed by atoms with van der Waals surface area (Å²) in [6.45, 7) is 7.40. The van der Waals surface area contributed by atoms with Crippen LogP contribution in [0.15, 0.2) is 48.5 Å². The summed E-state index contributed by atoms with van der Waals surface area (Å²) in [5, 5.41) is 0.809. The van der Waals surface area contributed by atoms with E-state index in [1.54, 1.807) is 0 Å². The van der Waals surface area contributed by atoms with Crippen molar-refractivity contribution in [2.75, 3.05) is 26.2 Å². The van der Waals surface area contributed by atoms with E-state index in [9.17, 15) is 4.79 Å². The standard InChI is InChI=1S/C20H23ClN2O/c1-15-7-3-4-8-17(15)20(24)23-13-11-22(12-14-23)16(2)18-9-5-6-10-19(18)21/h3-10,16H,11-14H2,1-2H3. The third kappa shape index (κ3) is 3.47. The molecule has 0 spiro atoms. The summed E-state index contributed by atoms with van der Waals surface area (Å²) in [5.74, 6) is 0.137. The number of carbonyl (C=O) groups excluding carboxylic acids is 1. The Labute approximate surface area is 148 Å². The highest BCUT2D eigenvalue weighted by Gasteiger charge is 2.26. The average Bonchev–Trinajstić information content (AvgIpc) is 2.61. The van der Waals surface area contributed by atoms with E-state index >= 15 is 0 Å². The van der Waals surface area contributed by atoms with Gasteiger partial charge in [-0.05, 0) is 37.1 Å². The van der Waals surface area contributed by atoms with Crippen molar-refractivity contribution in [1.29, 1.82) is 0 Å². The van der Waals surface area contributed by atoms with Crippen LogP contribution in [0.25, 0.3) is 0 Å². The van der Waals surface area contributed by atoms with E-state index in [1.165, 1.54) is 0 Å². The van der Waals surface area contributed by atoms with E-state index in [0.29, 0.717) is 0 Å². The van der Waals surface area contributed by atoms with Crippen LogP contribution >= 0.6 is 11.6 Å². The Morgan fingerprint density at radius 2 is 1.62 bits per heavy atom. The van der Waals surface area contributed by atoms with E-state index < -0.39 is 0 Å². The molecule has 1 atom stereocenters. The lowest BCUT2D eigenvalue weighted by Gasteiger charge is -2.38. The van der Waals surface area contributed by atoms with Gasteiger partial charge >= 0.3 is 0 Å². The van der Waals surface area contributed by atoms with Crippen LogP contribution in [0.3, 0.4) is 0 Å². The van der Waals surface area contributed by atoms with Crippen molar-refractivity contribution in [3.63, 3.8) is 0 Å². The molecule has 3 rings (SSSR count). The van der Waals surface area contributed by atoms with E-state index in [2.05, 4.69) is 17.9 Å². The topological polar surface area (TPSA) is 23.6 Å². The highest BCUT2D eigenvalue weighted by Crippen LogP contribution is 2.28. The van der Waals surface area contributed by atoms with E-state index in [-0.39, 0.29) is 11.9 Å². The van der Waals surface area contributed by atoms with Gasteiger partial charge in [0.15, 0.2) is 0 Å². The number of aryl methyl sites for hydroxylation is 1. The Kier molecular flexibility index (Phi) is 5.22. The molecule has 1 heterocycles. The first kappa shape index (κ1) is 17.0. The summed E-state index contributed by atoms with van der Waals surface area (Å²) in [4.78, 5) is 17.1. The van der Waals surface area contributed by atoms with Gasteiger partial charge in [0.1, 0.15) is 0 Å². The number of hydrogen-bond acceptors (Lipinski definition) is 2. The second-order valence-electron chi connectivity index (χ2n) is 6.34. The van der Waals surface area contributed by atoms with Crippen molar-refractivity contribution >= 4 is 17.5 Å². The maximum absolute atomic E-state index is 12.7. The van der Waals surface area contributed by atoms with Crippen molar-refractivity contribution in [3.05, 3.63) is 70.2 Å². The minimum Gasteiger partial charge on any atom is -0.336 e. The fourth-order valence-electron chi connectivity index (χ4n) is 3.31. The van der Waals surface area contributed by atoms with Gasteiger partial charge < -0.3 is 4.90 Å². The van der Waals surface area contributed by atoms with Gasteiger partial charge in [-0.25, -0.2) is 0 Å². The van der Waals surface area contributed by atoms with Gasteiger partial charge in [0.05, 0.1) is 0 Å². The molecule has 0 radical (unpaired) electrons. The molecule has 3 nitrogen and oxygen atoms in total. The second kappa shape index (κ2) is 7.37. The summed E-state index contributed by atoms with van der Waals surface area (Å²) in [6, 6.07) is 16.1. The molecule has 0 aliphatic carbocycles. The lowest BCUT2D eigenvalue weighted by atomic mass is 10.0. The zero-order valence-electron chi connectivity index (χ0n) is 14.2. The first-order chi connectivity index (χ1) is 11.6. The van der Waals surface area contributed by atoms with Crippen LogP contribution in [-0.4, -0.2) is 41.9 Å². The molecule has 0 aromatic heterocycles. The lowest BCUT2D eigenvalue weighted by molar-refractivity contribution is 0.0581. The molecule has 0 saturated carbocycles. The molecule has 1 aliphatic heterocycles. The van der Waals surface area contributed by atoms with Crippen LogP contribution in [0.5, 0.6) is 0 Å². The number of hydrogen-bond donors (Lipinski definition) is 0. The van der Waals surface area contributed by atoms with Crippen molar-refractivity contribution in [3.8, 4) is 0 Å². The second-order valence-corrected chi connectivity index (χ2v) is 6.75. The molecule has 1 saturated heterocycles. The third-order valence-corrected chi connectivity index (χ3v) is 5.22. The summed E-state index contributed by atoms with van der Waals surface area (Å²) in [5.41, 5.74) is 3.00. The molecular formula is C20H23ClN2O. The maximum Gasteiger partial charge on any atom is 0.254 e. The molecule has 1 aliphatic rings. The van der Waals surface area contributed by atoms with E-state index in [1.807, 2.05) is 54.3 Å². The summed E-state index contributed by atoms with van der Waals surface area (Å²) in [6.07, 6.45) is 0. The predicted octanol–water partition coefficient (Wildman–Crippen LogP) is 4.17. The van der Waals surface area contributed by atoms with Gasteiger partial charge in [-0.2, -0.15) is 0 Å². The van der Waals surface area contributed by atoms with Gasteiger partial charge in [-0.15, -0.1) is 0 Å². The van der Waals surface area contributed by atoms with Crippen LogP contribution in [0, 0.1) is 6.92 Å². The number of halogens is 1. The van der Waals surface area contributed by atoms with Gasteiger partial charge in [0, 0.05) is 42.8 Å². The van der Waals surface area contributed by atoms with Crippen molar-refractivity contribution in [2.45, 2.75) is 19.9 Å². The van der Waals surface area contributed by atoms with E-state index in [0.717, 1.165) is 47.9 Å². The number of nitrogens with zero attached hydrogens (tertiary/aromatic N) is 2. The van der Waals surface area contributed by atoms with Gasteiger partial charge in [-0.3, -0.25) is 9.69 Å². The Hall–Kier alpha value is -1.84. The Bertz CT molecular complexity index is 723. The van der Waals surface area contributed by atoms with Crippen LogP contribution < -0.4 is 0 Å². The van der Waals surface area contributed by atoms with Gasteiger partial charge in [-0.1, -0.05) is 48.0 Å². The van der Waals surface area contributed by atoms with Gasteiger partial charge in [0.2, 0.25) is 0 Å². The molecule has 0 bridgehead atoms. The number of rotatable bonds is 3. The van der Waals surface area contributed by atoms with Crippen LogP contribution in [0.2, 0.25) is 5.02 Å². The first-order valence-electron chi connectivity index (χ1n) is 8.41. The van der Waals surface area contributed by atoms with Gasteiger partial charge in [0.25, 0.3) is 5.91 Å². The Balaban J connectivity index is 1.65. The summed E-state index contributed by atoms with van der Waals surface area (Å²) < 4.78 is 0. The molecule has 126 valence electrons. The quantitative estimate of drug-likeness (QED) is 0.836. The van der Waals surface area contributed by atoms with Crippen LogP contribution in [-0.2, 0) is 0 Å². The smallest absolute Gasteiger partial charge is 0.254 e. The zero-order chi connectivity index (χ0) is 17.1. The molecule has 24 heavy (non-hydrogen) atoms. The predicted molar refractivity (Wildman–Crippen MR) is 98.5 cm³/mol. The molecule has 2 aromatic rings. The normalized spacial score (nSPS) is 16.9. The van der Waals surface area contributed by atoms with Crippen molar-refractivity contribution in [2.24, 2.45) is 0 Å².